The minimum atomic E-state index is 0.116. The summed E-state index contributed by atoms with van der Waals surface area (Å²) in [5.74, 6) is 1.14. The van der Waals surface area contributed by atoms with Crippen LogP contribution in [0.4, 0.5) is 5.82 Å². The van der Waals surface area contributed by atoms with Gasteiger partial charge in [0, 0.05) is 41.0 Å². The number of aromatic nitrogens is 4. The van der Waals surface area contributed by atoms with E-state index in [1.165, 1.54) is 24.4 Å². The quantitative estimate of drug-likeness (QED) is 0.411. The van der Waals surface area contributed by atoms with Crippen LogP contribution in [0.3, 0.4) is 0 Å². The monoisotopic (exact) mass is 442 g/mol. The predicted molar refractivity (Wildman–Crippen MR) is 122 cm³/mol. The van der Waals surface area contributed by atoms with Gasteiger partial charge in [0.25, 0.3) is 0 Å². The van der Waals surface area contributed by atoms with Crippen molar-refractivity contribution in [3.63, 3.8) is 0 Å². The van der Waals surface area contributed by atoms with Crippen LogP contribution in [0, 0.1) is 13.8 Å². The van der Waals surface area contributed by atoms with Gasteiger partial charge in [0.15, 0.2) is 5.16 Å². The molecule has 1 unspecified atom stereocenters. The molecule has 0 aliphatic carbocycles. The number of thiazole rings is 1. The summed E-state index contributed by atoms with van der Waals surface area (Å²) < 4.78 is 5.85. The van der Waals surface area contributed by atoms with E-state index in [0.29, 0.717) is 23.5 Å². The van der Waals surface area contributed by atoms with Gasteiger partial charge in [0.05, 0.1) is 10.9 Å². The molecule has 0 amide bonds. The van der Waals surface area contributed by atoms with Crippen LogP contribution in [0.1, 0.15) is 34.9 Å². The van der Waals surface area contributed by atoms with E-state index in [-0.39, 0.29) is 5.25 Å². The van der Waals surface area contributed by atoms with E-state index in [1.807, 2.05) is 19.1 Å². The molecule has 3 aromatic heterocycles. The summed E-state index contributed by atoms with van der Waals surface area (Å²) in [6.45, 7) is 10.1. The zero-order valence-electron chi connectivity index (χ0n) is 17.5. The maximum atomic E-state index is 5.86. The van der Waals surface area contributed by atoms with Crippen molar-refractivity contribution in [3.05, 3.63) is 40.7 Å². The molecule has 4 heterocycles. The van der Waals surface area contributed by atoms with E-state index in [9.17, 15) is 0 Å². The fourth-order valence-electron chi connectivity index (χ4n) is 3.25. The second-order valence-electron chi connectivity index (χ2n) is 7.36. The lowest BCUT2D eigenvalue weighted by Gasteiger charge is -2.30. The van der Waals surface area contributed by atoms with E-state index in [4.69, 9.17) is 15.5 Å². The first-order valence-corrected chi connectivity index (χ1v) is 11.7. The summed E-state index contributed by atoms with van der Waals surface area (Å²) in [7, 11) is 0. The first kappa shape index (κ1) is 21.0. The zero-order chi connectivity index (χ0) is 21.1. The third kappa shape index (κ3) is 5.08. The van der Waals surface area contributed by atoms with Crippen molar-refractivity contribution in [1.82, 2.24) is 24.8 Å². The third-order valence-electron chi connectivity index (χ3n) is 4.94. The van der Waals surface area contributed by atoms with Gasteiger partial charge < -0.3 is 10.5 Å². The molecule has 0 bridgehead atoms. The van der Waals surface area contributed by atoms with Gasteiger partial charge in [-0.3, -0.25) is 4.90 Å². The van der Waals surface area contributed by atoms with Crippen molar-refractivity contribution in [1.29, 1.82) is 0 Å². The highest BCUT2D eigenvalue weighted by molar-refractivity contribution is 7.99. The van der Waals surface area contributed by atoms with Crippen molar-refractivity contribution >= 4 is 28.9 Å². The number of hydrogen-bond donors (Lipinski definition) is 1. The predicted octanol–water partition coefficient (Wildman–Crippen LogP) is 4.13. The zero-order valence-corrected chi connectivity index (χ0v) is 19.1. The number of likely N-dealkylation sites (tertiary alicyclic amines) is 1. The lowest BCUT2D eigenvalue weighted by atomic mass is 10.2. The molecule has 0 radical (unpaired) electrons. The van der Waals surface area contributed by atoms with Crippen molar-refractivity contribution in [2.45, 2.75) is 37.6 Å². The van der Waals surface area contributed by atoms with Gasteiger partial charge in [0.2, 0.25) is 5.88 Å². The summed E-state index contributed by atoms with van der Waals surface area (Å²) in [5.41, 5.74) is 8.80. The Labute approximate surface area is 185 Å². The largest absolute Gasteiger partial charge is 0.476 e. The molecule has 7 nitrogen and oxygen atoms in total. The third-order valence-corrected chi connectivity index (χ3v) is 6.95. The van der Waals surface area contributed by atoms with Crippen LogP contribution in [-0.2, 0) is 0 Å². The number of aryl methyl sites for hydroxylation is 2. The van der Waals surface area contributed by atoms with Crippen LogP contribution in [0.25, 0.3) is 10.6 Å². The highest BCUT2D eigenvalue weighted by Crippen LogP contribution is 2.38. The highest BCUT2D eigenvalue weighted by atomic mass is 32.2. The number of nitrogen functional groups attached to an aromatic ring is 1. The molecule has 3 aromatic rings. The van der Waals surface area contributed by atoms with Crippen molar-refractivity contribution in [3.8, 4) is 16.5 Å². The molecule has 1 aliphatic heterocycles. The van der Waals surface area contributed by atoms with Gasteiger partial charge in [-0.15, -0.1) is 11.3 Å². The lowest BCUT2D eigenvalue weighted by Crippen LogP contribution is -2.39. The van der Waals surface area contributed by atoms with Crippen LogP contribution in [0.15, 0.2) is 29.6 Å². The Bertz CT molecular complexity index is 1000. The standard InChI is InChI=1S/C21H26N6OS2/c1-13-11-17(22)25-21(24-13)30-15(3)19-14(2)29-20(26-19)16-5-6-23-18(12-16)28-10-9-27-7-4-8-27/h5-6,11-12,15H,4,7-10H2,1-3H3,(H2,22,24,25). The molecular weight excluding hydrogens is 416 g/mol. The summed E-state index contributed by atoms with van der Waals surface area (Å²) in [6, 6.07) is 5.72. The Kier molecular flexibility index (Phi) is 6.50. The molecule has 158 valence electrons. The normalized spacial score (nSPS) is 15.0. The van der Waals surface area contributed by atoms with Crippen LogP contribution in [0.5, 0.6) is 5.88 Å². The molecule has 1 saturated heterocycles. The van der Waals surface area contributed by atoms with Gasteiger partial charge in [-0.1, -0.05) is 11.8 Å². The Balaban J connectivity index is 1.45. The first-order chi connectivity index (χ1) is 14.5. The molecule has 2 N–H and O–H groups in total. The van der Waals surface area contributed by atoms with E-state index in [0.717, 1.165) is 28.5 Å². The van der Waals surface area contributed by atoms with Crippen LogP contribution >= 0.6 is 23.1 Å². The number of nitrogens with two attached hydrogens (primary N) is 1. The molecular formula is C21H26N6OS2. The van der Waals surface area contributed by atoms with Gasteiger partial charge in [-0.05, 0) is 46.3 Å². The van der Waals surface area contributed by atoms with Crippen LogP contribution in [0.2, 0.25) is 0 Å². The number of rotatable bonds is 8. The Morgan fingerprint density at radius 1 is 1.23 bits per heavy atom. The summed E-state index contributed by atoms with van der Waals surface area (Å²) in [4.78, 5) is 21.6. The highest BCUT2D eigenvalue weighted by Gasteiger charge is 2.19. The maximum Gasteiger partial charge on any atom is 0.213 e. The number of pyridine rings is 1. The molecule has 0 aromatic carbocycles. The molecule has 1 fully saturated rings. The average Bonchev–Trinajstić information content (AvgIpc) is 3.05. The van der Waals surface area contributed by atoms with Gasteiger partial charge in [-0.2, -0.15) is 0 Å². The van der Waals surface area contributed by atoms with Crippen LogP contribution < -0.4 is 10.5 Å². The van der Waals surface area contributed by atoms with E-state index in [1.54, 1.807) is 35.4 Å². The lowest BCUT2D eigenvalue weighted by molar-refractivity contribution is 0.145. The van der Waals surface area contributed by atoms with Crippen molar-refractivity contribution < 1.29 is 4.74 Å². The Morgan fingerprint density at radius 3 is 2.80 bits per heavy atom. The maximum absolute atomic E-state index is 5.86. The van der Waals surface area contributed by atoms with Gasteiger partial charge in [-0.25, -0.2) is 19.9 Å². The number of hydrogen-bond acceptors (Lipinski definition) is 9. The summed E-state index contributed by atoms with van der Waals surface area (Å²) >= 11 is 3.25. The number of nitrogens with zero attached hydrogens (tertiary/aromatic N) is 5. The van der Waals surface area contributed by atoms with Crippen molar-refractivity contribution in [2.75, 3.05) is 32.0 Å². The van der Waals surface area contributed by atoms with Gasteiger partial charge >= 0.3 is 0 Å². The van der Waals surface area contributed by atoms with Gasteiger partial charge in [0.1, 0.15) is 17.4 Å². The summed E-state index contributed by atoms with van der Waals surface area (Å²) in [5, 5.41) is 1.76. The molecule has 4 rings (SSSR count). The number of anilines is 1. The number of thioether (sulfide) groups is 1. The Hall–Kier alpha value is -2.23. The fourth-order valence-corrected chi connectivity index (χ4v) is 5.34. The average molecular weight is 443 g/mol. The SMILES string of the molecule is Cc1cc(N)nc(SC(C)c2nc(-c3ccnc(OCCN4CCC4)c3)sc2C)n1. The molecule has 30 heavy (non-hydrogen) atoms. The van der Waals surface area contributed by atoms with Crippen LogP contribution in [-0.4, -0.2) is 51.1 Å². The minimum Gasteiger partial charge on any atom is -0.476 e. The number of ether oxygens (including phenoxy) is 1. The molecule has 0 spiro atoms. The van der Waals surface area contributed by atoms with Crippen molar-refractivity contribution in [2.24, 2.45) is 0 Å². The second kappa shape index (κ2) is 9.28. The van der Waals surface area contributed by atoms with E-state index in [2.05, 4.69) is 33.7 Å². The fraction of sp³-hybridized carbons (Fsp3) is 0.429. The molecule has 9 heteroatoms. The van der Waals surface area contributed by atoms with E-state index < -0.39 is 0 Å². The Morgan fingerprint density at radius 2 is 2.07 bits per heavy atom. The second-order valence-corrected chi connectivity index (χ2v) is 9.87. The molecule has 1 atom stereocenters. The molecule has 1 aliphatic rings. The summed E-state index contributed by atoms with van der Waals surface area (Å²) in [6.07, 6.45) is 3.08. The van der Waals surface area contributed by atoms with E-state index >= 15 is 0 Å². The molecule has 0 saturated carbocycles. The first-order valence-electron chi connectivity index (χ1n) is 10.0. The topological polar surface area (TPSA) is 90.0 Å². The minimum absolute atomic E-state index is 0.116. The smallest absolute Gasteiger partial charge is 0.213 e.